The molecule has 0 aliphatic carbocycles. The second-order valence-corrected chi connectivity index (χ2v) is 3.14. The number of esters is 1. The molecule has 0 atom stereocenters. The Morgan fingerprint density at radius 1 is 1.43 bits per heavy atom. The highest BCUT2D eigenvalue weighted by molar-refractivity contribution is 6.32. The van der Waals surface area contributed by atoms with Gasteiger partial charge in [-0.25, -0.2) is 0 Å². The van der Waals surface area contributed by atoms with E-state index in [2.05, 4.69) is 0 Å². The van der Waals surface area contributed by atoms with Gasteiger partial charge >= 0.3 is 5.97 Å². The fraction of sp³-hybridized carbons (Fsp3) is 0.222. The van der Waals surface area contributed by atoms with Crippen molar-refractivity contribution in [2.45, 2.75) is 6.92 Å². The van der Waals surface area contributed by atoms with Gasteiger partial charge in [-0.3, -0.25) is 4.79 Å². The van der Waals surface area contributed by atoms with Gasteiger partial charge in [0.25, 0.3) is 0 Å². The van der Waals surface area contributed by atoms with E-state index >= 15 is 0 Å². The topological polar surface area (TPSA) is 44.8 Å². The Balaban J connectivity index is 2.37. The van der Waals surface area contributed by atoms with Crippen LogP contribution < -0.4 is 14.2 Å². The van der Waals surface area contributed by atoms with Crippen LogP contribution in [-0.2, 0) is 4.79 Å². The average Bonchev–Trinajstić information content (AvgIpc) is 2.51. The fourth-order valence-corrected chi connectivity index (χ4v) is 1.32. The molecule has 0 saturated carbocycles. The van der Waals surface area contributed by atoms with Crippen LogP contribution in [0.2, 0.25) is 5.02 Å². The summed E-state index contributed by atoms with van der Waals surface area (Å²) in [6.07, 6.45) is 0. The van der Waals surface area contributed by atoms with E-state index in [4.69, 9.17) is 25.8 Å². The summed E-state index contributed by atoms with van der Waals surface area (Å²) in [5, 5.41) is 0.324. The molecule has 0 bridgehead atoms. The molecule has 1 aliphatic rings. The average molecular weight is 215 g/mol. The van der Waals surface area contributed by atoms with Crippen molar-refractivity contribution in [1.82, 2.24) is 0 Å². The van der Waals surface area contributed by atoms with Crippen molar-refractivity contribution in [2.24, 2.45) is 0 Å². The molecule has 0 saturated heterocycles. The molecule has 1 aliphatic heterocycles. The van der Waals surface area contributed by atoms with Crippen LogP contribution in [0.15, 0.2) is 12.1 Å². The van der Waals surface area contributed by atoms with E-state index in [0.29, 0.717) is 16.5 Å². The maximum Gasteiger partial charge on any atom is 0.308 e. The van der Waals surface area contributed by atoms with E-state index in [1.54, 1.807) is 6.07 Å². The minimum atomic E-state index is -0.425. The van der Waals surface area contributed by atoms with Crippen LogP contribution in [0.5, 0.6) is 17.2 Å². The lowest BCUT2D eigenvalue weighted by Crippen LogP contribution is -2.01. The summed E-state index contributed by atoms with van der Waals surface area (Å²) in [7, 11) is 0. The molecule has 1 aromatic rings. The number of fused-ring (bicyclic) bond motifs is 1. The minimum absolute atomic E-state index is 0.162. The quantitative estimate of drug-likeness (QED) is 0.530. The number of ether oxygens (including phenoxy) is 3. The molecule has 14 heavy (non-hydrogen) atoms. The number of halogens is 1. The smallest absolute Gasteiger partial charge is 0.308 e. The van der Waals surface area contributed by atoms with Crippen molar-refractivity contribution in [3.05, 3.63) is 17.2 Å². The van der Waals surface area contributed by atoms with E-state index in [9.17, 15) is 4.79 Å². The highest BCUT2D eigenvalue weighted by Crippen LogP contribution is 2.40. The van der Waals surface area contributed by atoms with Gasteiger partial charge in [-0.1, -0.05) is 11.6 Å². The Morgan fingerprint density at radius 2 is 2.07 bits per heavy atom. The lowest BCUT2D eigenvalue weighted by molar-refractivity contribution is -0.131. The van der Waals surface area contributed by atoms with Gasteiger partial charge in [-0.15, -0.1) is 0 Å². The summed E-state index contributed by atoms with van der Waals surface area (Å²) in [5.74, 6) is 0.950. The van der Waals surface area contributed by atoms with Crippen molar-refractivity contribution >= 4 is 17.6 Å². The molecule has 0 aromatic heterocycles. The third-order valence-corrected chi connectivity index (χ3v) is 1.98. The summed E-state index contributed by atoms with van der Waals surface area (Å²) < 4.78 is 15.1. The SMILES string of the molecule is CC(=O)Oc1cc2c(cc1Cl)OCO2. The van der Waals surface area contributed by atoms with Gasteiger partial charge in [0.2, 0.25) is 6.79 Å². The second kappa shape index (κ2) is 3.38. The molecule has 0 spiro atoms. The van der Waals surface area contributed by atoms with Crippen molar-refractivity contribution in [1.29, 1.82) is 0 Å². The van der Waals surface area contributed by atoms with Crippen LogP contribution in [0.3, 0.4) is 0 Å². The standard InChI is InChI=1S/C9H7ClO4/c1-5(11)14-7-3-9-8(2-6(7)10)12-4-13-9/h2-3H,4H2,1H3. The van der Waals surface area contributed by atoms with Crippen LogP contribution >= 0.6 is 11.6 Å². The molecule has 2 rings (SSSR count). The normalized spacial score (nSPS) is 12.7. The number of rotatable bonds is 1. The molecular formula is C9H7ClO4. The molecule has 1 heterocycles. The third-order valence-electron chi connectivity index (χ3n) is 1.68. The molecule has 0 N–H and O–H groups in total. The van der Waals surface area contributed by atoms with Crippen LogP contribution in [-0.4, -0.2) is 12.8 Å². The van der Waals surface area contributed by atoms with Gasteiger partial charge in [0.15, 0.2) is 17.2 Å². The second-order valence-electron chi connectivity index (χ2n) is 2.73. The van der Waals surface area contributed by atoms with Crippen molar-refractivity contribution in [3.63, 3.8) is 0 Å². The first-order chi connectivity index (χ1) is 6.66. The van der Waals surface area contributed by atoms with Crippen LogP contribution in [0, 0.1) is 0 Å². The zero-order valence-corrected chi connectivity index (χ0v) is 8.13. The lowest BCUT2D eigenvalue weighted by Gasteiger charge is -2.04. The van der Waals surface area contributed by atoms with Gasteiger partial charge in [-0.2, -0.15) is 0 Å². The fourth-order valence-electron chi connectivity index (χ4n) is 1.13. The number of benzene rings is 1. The largest absolute Gasteiger partial charge is 0.454 e. The predicted molar refractivity (Wildman–Crippen MR) is 48.9 cm³/mol. The van der Waals surface area contributed by atoms with Gasteiger partial charge < -0.3 is 14.2 Å². The van der Waals surface area contributed by atoms with E-state index in [0.717, 1.165) is 0 Å². The van der Waals surface area contributed by atoms with Crippen LogP contribution in [0.1, 0.15) is 6.92 Å². The first kappa shape index (κ1) is 9.15. The molecule has 0 radical (unpaired) electrons. The summed E-state index contributed by atoms with van der Waals surface area (Å²) in [6, 6.07) is 3.09. The number of carbonyl (C=O) groups excluding carboxylic acids is 1. The molecule has 74 valence electrons. The minimum Gasteiger partial charge on any atom is -0.454 e. The number of hydrogen-bond acceptors (Lipinski definition) is 4. The molecule has 0 amide bonds. The summed E-state index contributed by atoms with van der Waals surface area (Å²) in [4.78, 5) is 10.7. The van der Waals surface area contributed by atoms with E-state index in [1.165, 1.54) is 13.0 Å². The van der Waals surface area contributed by atoms with Crippen LogP contribution in [0.25, 0.3) is 0 Å². The zero-order valence-electron chi connectivity index (χ0n) is 7.37. The van der Waals surface area contributed by atoms with Crippen LogP contribution in [0.4, 0.5) is 0 Å². The highest BCUT2D eigenvalue weighted by Gasteiger charge is 2.17. The van der Waals surface area contributed by atoms with E-state index < -0.39 is 5.97 Å². The summed E-state index contributed by atoms with van der Waals surface area (Å²) >= 11 is 5.84. The maximum atomic E-state index is 10.7. The Labute approximate surface area is 85.3 Å². The Morgan fingerprint density at radius 3 is 2.71 bits per heavy atom. The zero-order chi connectivity index (χ0) is 10.1. The van der Waals surface area contributed by atoms with Gasteiger partial charge in [-0.05, 0) is 0 Å². The summed E-state index contributed by atoms with van der Waals surface area (Å²) in [5.41, 5.74) is 0. The van der Waals surface area contributed by atoms with Gasteiger partial charge in [0.1, 0.15) is 0 Å². The van der Waals surface area contributed by atoms with Gasteiger partial charge in [0, 0.05) is 19.1 Å². The predicted octanol–water partition coefficient (Wildman–Crippen LogP) is 1.99. The Hall–Kier alpha value is -1.42. The molecule has 0 fully saturated rings. The molecule has 0 unspecified atom stereocenters. The van der Waals surface area contributed by atoms with Crippen molar-refractivity contribution < 1.29 is 19.0 Å². The molecule has 4 nitrogen and oxygen atoms in total. The lowest BCUT2D eigenvalue weighted by atomic mass is 10.3. The van der Waals surface area contributed by atoms with Crippen molar-refractivity contribution in [2.75, 3.05) is 6.79 Å². The summed E-state index contributed by atoms with van der Waals surface area (Å²) in [6.45, 7) is 1.47. The number of hydrogen-bond donors (Lipinski definition) is 0. The monoisotopic (exact) mass is 214 g/mol. The van der Waals surface area contributed by atoms with E-state index in [-0.39, 0.29) is 12.5 Å². The molecule has 5 heteroatoms. The maximum absolute atomic E-state index is 10.7. The molecular weight excluding hydrogens is 208 g/mol. The Bertz CT molecular complexity index is 389. The third kappa shape index (κ3) is 1.61. The number of carbonyl (C=O) groups is 1. The van der Waals surface area contributed by atoms with Gasteiger partial charge in [0.05, 0.1) is 5.02 Å². The van der Waals surface area contributed by atoms with Crippen molar-refractivity contribution in [3.8, 4) is 17.2 Å². The first-order valence-electron chi connectivity index (χ1n) is 3.94. The Kier molecular flexibility index (Phi) is 2.21. The van der Waals surface area contributed by atoms with E-state index in [1.807, 2.05) is 0 Å². The highest BCUT2D eigenvalue weighted by atomic mass is 35.5. The molecule has 1 aromatic carbocycles. The first-order valence-corrected chi connectivity index (χ1v) is 4.32.